The number of nitrogens with two attached hydrogens (primary N) is 1. The molecule has 1 saturated carbocycles. The maximum absolute atomic E-state index is 11.4. The summed E-state index contributed by atoms with van der Waals surface area (Å²) < 4.78 is 4.65. The summed E-state index contributed by atoms with van der Waals surface area (Å²) in [6, 6.07) is 0. The number of carbonyl (C=O) groups is 1. The van der Waals surface area contributed by atoms with Gasteiger partial charge in [-0.2, -0.15) is 0 Å². The highest BCUT2D eigenvalue weighted by molar-refractivity contribution is 5.98. The van der Waals surface area contributed by atoms with E-state index < -0.39 is 11.6 Å². The van der Waals surface area contributed by atoms with Crippen LogP contribution in [0.5, 0.6) is 0 Å². The fraction of sp³-hybridized carbons (Fsp3) is 0.600. The van der Waals surface area contributed by atoms with Crippen molar-refractivity contribution in [3.63, 3.8) is 0 Å². The Hall–Kier alpha value is -1.36. The summed E-state index contributed by atoms with van der Waals surface area (Å²) in [6.07, 6.45) is 3.80. The zero-order valence-corrected chi connectivity index (χ0v) is 8.91. The molecular weight excluding hydrogens is 194 g/mol. The highest BCUT2D eigenvalue weighted by Crippen LogP contribution is 2.32. The van der Waals surface area contributed by atoms with Gasteiger partial charge in [0, 0.05) is 5.92 Å². The molecule has 0 aromatic heterocycles. The van der Waals surface area contributed by atoms with Gasteiger partial charge >= 0.3 is 5.97 Å². The summed E-state index contributed by atoms with van der Waals surface area (Å²) >= 11 is 0. The quantitative estimate of drug-likeness (QED) is 0.634. The van der Waals surface area contributed by atoms with Crippen molar-refractivity contribution in [2.75, 3.05) is 7.11 Å². The molecule has 1 aliphatic heterocycles. The molecule has 1 aliphatic carbocycles. The Kier molecular flexibility index (Phi) is 2.26. The van der Waals surface area contributed by atoms with Crippen LogP contribution >= 0.6 is 0 Å². The van der Waals surface area contributed by atoms with Crippen LogP contribution in [0.2, 0.25) is 0 Å². The van der Waals surface area contributed by atoms with Crippen molar-refractivity contribution in [3.8, 4) is 0 Å². The predicted octanol–water partition coefficient (Wildman–Crippen LogP) is 0.130. The Balaban J connectivity index is 2.21. The van der Waals surface area contributed by atoms with Gasteiger partial charge in [-0.15, -0.1) is 0 Å². The lowest BCUT2D eigenvalue weighted by molar-refractivity contribution is -0.136. The van der Waals surface area contributed by atoms with Crippen molar-refractivity contribution >= 4 is 11.8 Å². The number of nitrogens with zero attached hydrogens (tertiary/aromatic N) is 1. The summed E-state index contributed by atoms with van der Waals surface area (Å²) in [4.78, 5) is 15.7. The molecule has 1 heterocycles. The van der Waals surface area contributed by atoms with Crippen LogP contribution in [0.3, 0.4) is 0 Å². The van der Waals surface area contributed by atoms with Crippen LogP contribution in [0.15, 0.2) is 16.8 Å². The van der Waals surface area contributed by atoms with Gasteiger partial charge in [0.25, 0.3) is 0 Å². The zero-order chi connectivity index (χ0) is 11.1. The molecule has 0 saturated heterocycles. The molecule has 2 rings (SSSR count). The van der Waals surface area contributed by atoms with E-state index in [1.54, 1.807) is 13.0 Å². The van der Waals surface area contributed by atoms with E-state index in [2.05, 4.69) is 15.0 Å². The largest absolute Gasteiger partial charge is 0.464 e. The monoisotopic (exact) mass is 209 g/mol. The number of methoxy groups -OCH3 is 1. The Morgan fingerprint density at radius 2 is 2.40 bits per heavy atom. The first-order chi connectivity index (χ1) is 7.02. The topological polar surface area (TPSA) is 76.7 Å². The van der Waals surface area contributed by atoms with E-state index in [1.165, 1.54) is 7.11 Å². The number of carbonyl (C=O) groups excluding carboxylic acids is 1. The molecular formula is C10H15N3O2. The third kappa shape index (κ3) is 2.18. The minimum Gasteiger partial charge on any atom is -0.464 e. The molecule has 0 radical (unpaired) electrons. The first-order valence-corrected chi connectivity index (χ1v) is 4.98. The van der Waals surface area contributed by atoms with Gasteiger partial charge in [-0.05, 0) is 25.8 Å². The van der Waals surface area contributed by atoms with Crippen molar-refractivity contribution in [1.29, 1.82) is 0 Å². The first-order valence-electron chi connectivity index (χ1n) is 4.98. The summed E-state index contributed by atoms with van der Waals surface area (Å²) in [5.41, 5.74) is 5.48. The first kappa shape index (κ1) is 10.2. The lowest BCUT2D eigenvalue weighted by Crippen LogP contribution is -2.44. The Bertz CT molecular complexity index is 354. The molecule has 0 aromatic carbocycles. The van der Waals surface area contributed by atoms with Crippen molar-refractivity contribution in [1.82, 2.24) is 5.32 Å². The van der Waals surface area contributed by atoms with Crippen molar-refractivity contribution < 1.29 is 9.53 Å². The molecule has 0 bridgehead atoms. The number of nitrogens with one attached hydrogen (secondary N) is 1. The smallest absolute Gasteiger partial charge is 0.354 e. The second-order valence-electron chi connectivity index (χ2n) is 4.17. The molecule has 1 unspecified atom stereocenters. The van der Waals surface area contributed by atoms with E-state index >= 15 is 0 Å². The zero-order valence-electron chi connectivity index (χ0n) is 8.91. The second-order valence-corrected chi connectivity index (χ2v) is 4.17. The van der Waals surface area contributed by atoms with E-state index in [0.29, 0.717) is 11.6 Å². The fourth-order valence-corrected chi connectivity index (χ4v) is 1.56. The minimum absolute atomic E-state index is 0.388. The van der Waals surface area contributed by atoms with Crippen LogP contribution in [0.1, 0.15) is 19.8 Å². The Morgan fingerprint density at radius 1 is 1.73 bits per heavy atom. The van der Waals surface area contributed by atoms with Gasteiger partial charge in [0.2, 0.25) is 0 Å². The van der Waals surface area contributed by atoms with E-state index in [0.717, 1.165) is 18.7 Å². The van der Waals surface area contributed by atoms with Crippen LogP contribution in [-0.2, 0) is 9.53 Å². The average Bonchev–Trinajstić information content (AvgIpc) is 2.97. The average molecular weight is 209 g/mol. The third-order valence-electron chi connectivity index (χ3n) is 2.43. The standard InChI is InChI=1S/C10H15N3O2/c1-10(11)5-7(9(14)15-2)12-8(13-10)6-3-4-6/h5-6H,3-4,11H2,1-2H3,(H,12,13). The van der Waals surface area contributed by atoms with E-state index in [4.69, 9.17) is 5.73 Å². The highest BCUT2D eigenvalue weighted by atomic mass is 16.5. The third-order valence-corrected chi connectivity index (χ3v) is 2.43. The normalized spacial score (nSPS) is 30.1. The number of amidine groups is 1. The molecule has 82 valence electrons. The van der Waals surface area contributed by atoms with Crippen LogP contribution in [0, 0.1) is 5.92 Å². The van der Waals surface area contributed by atoms with E-state index in [-0.39, 0.29) is 0 Å². The van der Waals surface area contributed by atoms with Gasteiger partial charge in [0.1, 0.15) is 17.2 Å². The summed E-state index contributed by atoms with van der Waals surface area (Å²) in [7, 11) is 1.35. The molecule has 15 heavy (non-hydrogen) atoms. The number of hydrogen-bond acceptors (Lipinski definition) is 5. The van der Waals surface area contributed by atoms with Gasteiger partial charge in [0.05, 0.1) is 7.11 Å². The number of esters is 1. The molecule has 0 aromatic rings. The highest BCUT2D eigenvalue weighted by Gasteiger charge is 2.34. The molecule has 1 fully saturated rings. The second kappa shape index (κ2) is 3.34. The minimum atomic E-state index is -0.813. The van der Waals surface area contributed by atoms with Gasteiger partial charge in [-0.1, -0.05) is 0 Å². The number of rotatable bonds is 2. The number of ether oxygens (including phenoxy) is 1. The molecule has 0 amide bonds. The Morgan fingerprint density at radius 3 is 2.93 bits per heavy atom. The summed E-state index contributed by atoms with van der Waals surface area (Å²) in [5, 5.41) is 2.98. The SMILES string of the molecule is COC(=O)C1=CC(C)(N)N=C(C2CC2)N1. The van der Waals surface area contributed by atoms with Crippen molar-refractivity contribution in [2.45, 2.75) is 25.4 Å². The lowest BCUT2D eigenvalue weighted by Gasteiger charge is -2.25. The maximum Gasteiger partial charge on any atom is 0.354 e. The van der Waals surface area contributed by atoms with Crippen LogP contribution in [0.4, 0.5) is 0 Å². The van der Waals surface area contributed by atoms with Gasteiger partial charge in [-0.25, -0.2) is 9.79 Å². The lowest BCUT2D eigenvalue weighted by atomic mass is 10.1. The van der Waals surface area contributed by atoms with E-state index in [1.807, 2.05) is 0 Å². The molecule has 1 atom stereocenters. The molecule has 3 N–H and O–H groups in total. The molecule has 2 aliphatic rings. The number of aliphatic imine (C=N–C) groups is 1. The van der Waals surface area contributed by atoms with Crippen LogP contribution < -0.4 is 11.1 Å². The fourth-order valence-electron chi connectivity index (χ4n) is 1.56. The van der Waals surface area contributed by atoms with Gasteiger partial charge < -0.3 is 15.8 Å². The Labute approximate surface area is 88.4 Å². The van der Waals surface area contributed by atoms with Crippen LogP contribution in [-0.4, -0.2) is 24.6 Å². The number of hydrogen-bond donors (Lipinski definition) is 2. The summed E-state index contributed by atoms with van der Waals surface area (Å²) in [6.45, 7) is 1.76. The molecule has 0 spiro atoms. The summed E-state index contributed by atoms with van der Waals surface area (Å²) in [5.74, 6) is 0.837. The van der Waals surface area contributed by atoms with Crippen LogP contribution in [0.25, 0.3) is 0 Å². The van der Waals surface area contributed by atoms with Gasteiger partial charge in [-0.3, -0.25) is 0 Å². The maximum atomic E-state index is 11.4. The van der Waals surface area contributed by atoms with Crippen molar-refractivity contribution in [2.24, 2.45) is 16.6 Å². The van der Waals surface area contributed by atoms with Crippen molar-refractivity contribution in [3.05, 3.63) is 11.8 Å². The molecule has 5 heteroatoms. The van der Waals surface area contributed by atoms with Gasteiger partial charge in [0.15, 0.2) is 0 Å². The van der Waals surface area contributed by atoms with E-state index in [9.17, 15) is 4.79 Å². The molecule has 5 nitrogen and oxygen atoms in total. The predicted molar refractivity (Wildman–Crippen MR) is 56.0 cm³/mol.